The van der Waals surface area contributed by atoms with Crippen LogP contribution in [0.3, 0.4) is 0 Å². The fourth-order valence-corrected chi connectivity index (χ4v) is 3.34. The van der Waals surface area contributed by atoms with Crippen molar-refractivity contribution >= 4 is 28.6 Å². The molecule has 2 rings (SSSR count). The molecule has 21 heavy (non-hydrogen) atoms. The smallest absolute Gasteiger partial charge is 0.448 e. The minimum absolute atomic E-state index is 0. The van der Waals surface area contributed by atoms with E-state index in [-0.39, 0.29) is 55.7 Å². The molecule has 1 aromatic rings. The molecule has 0 radical (unpaired) electrons. The topological polar surface area (TPSA) is 97.6 Å². The minimum Gasteiger partial charge on any atom is -0.448 e. The molecule has 13 heteroatoms. The Labute approximate surface area is 159 Å². The molecule has 0 saturated heterocycles. The van der Waals surface area contributed by atoms with Crippen molar-refractivity contribution in [3.8, 4) is 0 Å². The number of benzene rings is 1. The van der Waals surface area contributed by atoms with Crippen molar-refractivity contribution < 1.29 is 82.5 Å². The zero-order valence-electron chi connectivity index (χ0n) is 10.5. The maximum atomic E-state index is 12.4. The third kappa shape index (κ3) is 3.48. The van der Waals surface area contributed by atoms with Crippen molar-refractivity contribution in [3.05, 3.63) is 33.9 Å². The third-order valence-corrected chi connectivity index (χ3v) is 4.38. The first-order valence-electron chi connectivity index (χ1n) is 5.10. The molecule has 0 bridgehead atoms. The Bertz CT molecular complexity index is 723. The molecule has 1 aromatic carbocycles. The molecule has 0 unspecified atom stereocenters. The molecular weight excluding hydrogens is 343 g/mol. The third-order valence-electron chi connectivity index (χ3n) is 2.57. The van der Waals surface area contributed by atoms with E-state index >= 15 is 0 Å². The summed E-state index contributed by atoms with van der Waals surface area (Å²) in [4.78, 5) is 20.7. The number of carbonyl (C=O) groups excluding carboxylic acids is 1. The Hall–Kier alpha value is -0.469. The summed E-state index contributed by atoms with van der Waals surface area (Å²) in [6, 6.07) is 2.22. The van der Waals surface area contributed by atoms with Gasteiger partial charge in [0.15, 0.2) is 0 Å². The van der Waals surface area contributed by atoms with Crippen LogP contribution >= 0.6 is 0 Å². The maximum Gasteiger partial charge on any atom is 1.00 e. The molecule has 108 valence electrons. The summed E-state index contributed by atoms with van der Waals surface area (Å²) >= 11 is 0. The van der Waals surface area contributed by atoms with E-state index in [9.17, 15) is 36.3 Å². The number of nitrogens with zero attached hydrogens (tertiary/aromatic N) is 2. The van der Waals surface area contributed by atoms with Crippen LogP contribution in [0.25, 0.3) is 0 Å². The van der Waals surface area contributed by atoms with E-state index in [1.165, 1.54) is 0 Å². The van der Waals surface area contributed by atoms with Gasteiger partial charge in [0.2, 0.25) is 0 Å². The van der Waals surface area contributed by atoms with Crippen molar-refractivity contribution in [2.75, 3.05) is 6.44 Å². The Balaban J connectivity index is 0.00000220. The number of halogens is 3. The van der Waals surface area contributed by atoms with Crippen LogP contribution in [-0.4, -0.2) is 37.0 Å². The molecule has 1 heterocycles. The first-order chi connectivity index (χ1) is 9.04. The van der Waals surface area contributed by atoms with Crippen LogP contribution < -0.4 is 51.4 Å². The van der Waals surface area contributed by atoms with Gasteiger partial charge in [-0.1, -0.05) is 0 Å². The Morgan fingerprint density at radius 2 is 1.86 bits per heavy atom. The second-order valence-corrected chi connectivity index (χ2v) is 5.82. The van der Waals surface area contributed by atoms with E-state index in [2.05, 4.69) is 0 Å². The number of non-ortho nitro benzene ring substituents is 1. The zero-order valence-corrected chi connectivity index (χ0v) is 14.4. The molecule has 1 amide bonds. The van der Waals surface area contributed by atoms with E-state index in [0.717, 1.165) is 12.1 Å². The minimum atomic E-state index is -5.55. The molecule has 0 aliphatic carbocycles. The number of sulfonamides is 1. The summed E-state index contributed by atoms with van der Waals surface area (Å²) < 4.78 is 60.3. The number of hydrogen-bond acceptors (Lipinski definition) is 5. The van der Waals surface area contributed by atoms with E-state index in [1.54, 1.807) is 0 Å². The van der Waals surface area contributed by atoms with Crippen molar-refractivity contribution in [2.24, 2.45) is 0 Å². The maximum absolute atomic E-state index is 12.4. The average Bonchev–Trinajstić information content (AvgIpc) is 2.49. The molecular formula is C8H5BF3KN2O5S. The van der Waals surface area contributed by atoms with Gasteiger partial charge in [0, 0.05) is 18.6 Å². The van der Waals surface area contributed by atoms with Gasteiger partial charge in [-0.05, 0) is 6.07 Å². The summed E-state index contributed by atoms with van der Waals surface area (Å²) in [6.45, 7) is -5.55. The van der Waals surface area contributed by atoms with Crippen LogP contribution in [0, 0.1) is 10.1 Å². The molecule has 1 aliphatic heterocycles. The summed E-state index contributed by atoms with van der Waals surface area (Å²) in [6.07, 6.45) is -1.91. The Morgan fingerprint density at radius 1 is 1.29 bits per heavy atom. The first kappa shape index (κ1) is 18.6. The van der Waals surface area contributed by atoms with Crippen LogP contribution in [0.2, 0.25) is 0 Å². The molecule has 0 aromatic heterocycles. The van der Waals surface area contributed by atoms with Crippen molar-refractivity contribution in [2.45, 2.75) is 4.90 Å². The number of hydrogen-bond donors (Lipinski definition) is 0. The molecule has 0 saturated carbocycles. The fourth-order valence-electron chi connectivity index (χ4n) is 1.75. The molecule has 7 nitrogen and oxygen atoms in total. The van der Waals surface area contributed by atoms with Crippen LogP contribution in [-0.2, 0) is 10.0 Å². The number of nitro groups is 1. The predicted octanol–water partition coefficient (Wildman–Crippen LogP) is -1.87. The predicted molar refractivity (Wildman–Crippen MR) is 60.4 cm³/mol. The van der Waals surface area contributed by atoms with Gasteiger partial charge >= 0.3 is 58.4 Å². The van der Waals surface area contributed by atoms with Crippen molar-refractivity contribution in [1.29, 1.82) is 0 Å². The van der Waals surface area contributed by atoms with Crippen LogP contribution in [0.4, 0.5) is 18.6 Å². The quantitative estimate of drug-likeness (QED) is 0.362. The SMILES string of the molecule is O=C1c2cc([N+](=O)[O-])ccc2S(=O)(=O)N1C[B-](F)(F)F.[K+]. The van der Waals surface area contributed by atoms with Crippen LogP contribution in [0.5, 0.6) is 0 Å². The number of amides is 1. The van der Waals surface area contributed by atoms with Gasteiger partial charge in [0.1, 0.15) is 4.90 Å². The van der Waals surface area contributed by atoms with E-state index in [1.807, 2.05) is 0 Å². The Kier molecular flexibility index (Phi) is 5.28. The number of carbonyl (C=O) groups is 1. The van der Waals surface area contributed by atoms with Gasteiger partial charge < -0.3 is 12.9 Å². The van der Waals surface area contributed by atoms with Crippen LogP contribution in [0.15, 0.2) is 23.1 Å². The van der Waals surface area contributed by atoms with Crippen molar-refractivity contribution in [3.63, 3.8) is 0 Å². The number of nitro benzene ring substituents is 1. The van der Waals surface area contributed by atoms with Gasteiger partial charge in [-0.2, -0.15) is 0 Å². The van der Waals surface area contributed by atoms with Crippen LogP contribution in [0.1, 0.15) is 10.4 Å². The van der Waals surface area contributed by atoms with E-state index < -0.39 is 50.4 Å². The van der Waals surface area contributed by atoms with Gasteiger partial charge in [-0.15, -0.1) is 0 Å². The molecule has 0 spiro atoms. The number of rotatable bonds is 3. The van der Waals surface area contributed by atoms with Crippen molar-refractivity contribution in [1.82, 2.24) is 4.31 Å². The van der Waals surface area contributed by atoms with E-state index in [0.29, 0.717) is 6.07 Å². The zero-order chi connectivity index (χ0) is 15.3. The normalized spacial score (nSPS) is 16.3. The van der Waals surface area contributed by atoms with E-state index in [4.69, 9.17) is 0 Å². The fraction of sp³-hybridized carbons (Fsp3) is 0.125. The summed E-state index contributed by atoms with van der Waals surface area (Å²) in [5, 5.41) is 10.5. The summed E-state index contributed by atoms with van der Waals surface area (Å²) in [7, 11) is -4.61. The Morgan fingerprint density at radius 3 is 2.33 bits per heavy atom. The van der Waals surface area contributed by atoms with Gasteiger partial charge in [-0.25, -0.2) is 8.42 Å². The molecule has 0 N–H and O–H groups in total. The molecule has 0 atom stereocenters. The summed E-state index contributed by atoms with van der Waals surface area (Å²) in [5.74, 6) is -1.41. The second kappa shape index (κ2) is 5.97. The second-order valence-electron chi connectivity index (χ2n) is 3.99. The monoisotopic (exact) mass is 348 g/mol. The van der Waals surface area contributed by atoms with Gasteiger partial charge in [0.05, 0.1) is 10.5 Å². The molecule has 0 fully saturated rings. The first-order valence-corrected chi connectivity index (χ1v) is 6.54. The summed E-state index contributed by atoms with van der Waals surface area (Å²) in [5.41, 5.74) is -1.20. The largest absolute Gasteiger partial charge is 1.00 e. The average molecular weight is 348 g/mol. The molecule has 1 aliphatic rings. The van der Waals surface area contributed by atoms with Gasteiger partial charge in [0.25, 0.3) is 21.6 Å². The number of fused-ring (bicyclic) bond motifs is 1. The standard InChI is InChI=1S/C8H5BF3N2O5S.K/c10-9(11,12)4-13-8(15)6-3-5(14(16)17)1-2-7(6)20(13,18)19;/h1-3H,4H2;/q-1;+1. The van der Waals surface area contributed by atoms with Gasteiger partial charge in [-0.3, -0.25) is 19.2 Å².